The smallest absolute Gasteiger partial charge is 0.373 e. The van der Waals surface area contributed by atoms with Crippen LogP contribution in [0.25, 0.3) is 0 Å². The molecule has 1 aliphatic rings. The summed E-state index contributed by atoms with van der Waals surface area (Å²) in [5, 5.41) is 9.53. The standard InChI is InChI=1S/C18H23F3N2O3/c1-12-4-6-13(7-5-12)15(24)22(3)14-8-10-23(11-9-14)16(25)17(2,26)18(19,20)21/h4-7,14,26H,8-11H2,1-3H3. The maximum absolute atomic E-state index is 12.8. The van der Waals surface area contributed by atoms with Crippen LogP contribution in [0.4, 0.5) is 13.2 Å². The van der Waals surface area contributed by atoms with E-state index in [1.165, 1.54) is 0 Å². The third-order valence-corrected chi connectivity index (χ3v) is 4.89. The molecular weight excluding hydrogens is 349 g/mol. The average Bonchev–Trinajstić information content (AvgIpc) is 2.59. The summed E-state index contributed by atoms with van der Waals surface area (Å²) in [4.78, 5) is 27.1. The van der Waals surface area contributed by atoms with Gasteiger partial charge in [-0.1, -0.05) is 17.7 Å². The van der Waals surface area contributed by atoms with E-state index in [0.29, 0.717) is 25.3 Å². The molecule has 144 valence electrons. The Morgan fingerprint density at radius 1 is 1.15 bits per heavy atom. The van der Waals surface area contributed by atoms with Gasteiger partial charge < -0.3 is 14.9 Å². The zero-order valence-electron chi connectivity index (χ0n) is 15.0. The van der Waals surface area contributed by atoms with Crippen LogP contribution in [0.5, 0.6) is 0 Å². The summed E-state index contributed by atoms with van der Waals surface area (Å²) >= 11 is 0. The van der Waals surface area contributed by atoms with Crippen molar-refractivity contribution in [1.29, 1.82) is 0 Å². The molecule has 0 aromatic heterocycles. The van der Waals surface area contributed by atoms with Crippen LogP contribution in [0.15, 0.2) is 24.3 Å². The highest BCUT2D eigenvalue weighted by Crippen LogP contribution is 2.32. The van der Waals surface area contributed by atoms with Crippen LogP contribution >= 0.6 is 0 Å². The van der Waals surface area contributed by atoms with Crippen molar-refractivity contribution in [2.24, 2.45) is 0 Å². The first-order valence-corrected chi connectivity index (χ1v) is 8.37. The Bertz CT molecular complexity index is 663. The number of rotatable bonds is 3. The fourth-order valence-corrected chi connectivity index (χ4v) is 2.95. The fraction of sp³-hybridized carbons (Fsp3) is 0.556. The number of alkyl halides is 3. The molecule has 1 unspecified atom stereocenters. The lowest BCUT2D eigenvalue weighted by molar-refractivity contribution is -0.250. The van der Waals surface area contributed by atoms with Gasteiger partial charge in [0, 0.05) is 31.7 Å². The topological polar surface area (TPSA) is 60.9 Å². The van der Waals surface area contributed by atoms with Crippen LogP contribution in [0.3, 0.4) is 0 Å². The Morgan fingerprint density at radius 2 is 1.65 bits per heavy atom. The second kappa shape index (κ2) is 7.26. The summed E-state index contributed by atoms with van der Waals surface area (Å²) in [5.41, 5.74) is -1.83. The van der Waals surface area contributed by atoms with Crippen molar-refractivity contribution in [3.63, 3.8) is 0 Å². The van der Waals surface area contributed by atoms with Gasteiger partial charge >= 0.3 is 6.18 Å². The number of halogens is 3. The normalized spacial score (nSPS) is 18.3. The van der Waals surface area contributed by atoms with Crippen molar-refractivity contribution in [3.8, 4) is 0 Å². The lowest BCUT2D eigenvalue weighted by atomic mass is 9.98. The first kappa shape index (κ1) is 20.2. The maximum atomic E-state index is 12.8. The highest BCUT2D eigenvalue weighted by molar-refractivity contribution is 5.94. The Kier molecular flexibility index (Phi) is 5.65. The van der Waals surface area contributed by atoms with Crippen LogP contribution in [-0.4, -0.2) is 64.7 Å². The van der Waals surface area contributed by atoms with Gasteiger partial charge in [-0.25, -0.2) is 0 Å². The number of piperidine rings is 1. The highest BCUT2D eigenvalue weighted by atomic mass is 19.4. The predicted octanol–water partition coefficient (Wildman–Crippen LogP) is 2.37. The van der Waals surface area contributed by atoms with Gasteiger partial charge in [-0.3, -0.25) is 9.59 Å². The van der Waals surface area contributed by atoms with E-state index < -0.39 is 17.7 Å². The molecule has 0 radical (unpaired) electrons. The van der Waals surface area contributed by atoms with Crippen molar-refractivity contribution in [2.45, 2.75) is 44.5 Å². The van der Waals surface area contributed by atoms with Crippen molar-refractivity contribution < 1.29 is 27.9 Å². The second-order valence-electron chi connectivity index (χ2n) is 6.88. The van der Waals surface area contributed by atoms with Crippen molar-refractivity contribution in [1.82, 2.24) is 9.80 Å². The van der Waals surface area contributed by atoms with E-state index in [-0.39, 0.29) is 25.0 Å². The fourth-order valence-electron chi connectivity index (χ4n) is 2.95. The Labute approximate surface area is 150 Å². The summed E-state index contributed by atoms with van der Waals surface area (Å²) in [5.74, 6) is -1.52. The average molecular weight is 372 g/mol. The van der Waals surface area contributed by atoms with E-state index in [1.807, 2.05) is 19.1 Å². The number of hydrogen-bond acceptors (Lipinski definition) is 3. The summed E-state index contributed by atoms with van der Waals surface area (Å²) < 4.78 is 38.4. The molecule has 1 fully saturated rings. The lowest BCUT2D eigenvalue weighted by Crippen LogP contribution is -2.58. The molecule has 2 amide bonds. The van der Waals surface area contributed by atoms with Crippen LogP contribution in [0.2, 0.25) is 0 Å². The van der Waals surface area contributed by atoms with Gasteiger partial charge in [0.25, 0.3) is 11.8 Å². The van der Waals surface area contributed by atoms with Gasteiger partial charge in [-0.15, -0.1) is 0 Å². The van der Waals surface area contributed by atoms with Crippen LogP contribution < -0.4 is 0 Å². The molecule has 1 heterocycles. The Balaban J connectivity index is 1.98. The van der Waals surface area contributed by atoms with Crippen LogP contribution in [0.1, 0.15) is 35.7 Å². The van der Waals surface area contributed by atoms with E-state index >= 15 is 0 Å². The summed E-state index contributed by atoms with van der Waals surface area (Å²) in [6.45, 7) is 2.50. The summed E-state index contributed by atoms with van der Waals surface area (Å²) in [7, 11) is 1.65. The SMILES string of the molecule is Cc1ccc(C(=O)N(C)C2CCN(C(=O)C(C)(O)C(F)(F)F)CC2)cc1. The molecule has 0 bridgehead atoms. The first-order chi connectivity index (χ1) is 11.9. The maximum Gasteiger partial charge on any atom is 0.426 e. The molecule has 8 heteroatoms. The van der Waals surface area contributed by atoms with E-state index in [2.05, 4.69) is 0 Å². The van der Waals surface area contributed by atoms with Gasteiger partial charge in [0.15, 0.2) is 0 Å². The summed E-state index contributed by atoms with van der Waals surface area (Å²) in [6, 6.07) is 6.95. The van der Waals surface area contributed by atoms with E-state index in [4.69, 9.17) is 0 Å². The molecule has 1 aromatic rings. The third-order valence-electron chi connectivity index (χ3n) is 4.89. The van der Waals surface area contributed by atoms with Crippen molar-refractivity contribution in [2.75, 3.05) is 20.1 Å². The minimum atomic E-state index is -5.03. The van der Waals surface area contributed by atoms with Gasteiger partial charge in [0.2, 0.25) is 5.60 Å². The van der Waals surface area contributed by atoms with Crippen LogP contribution in [-0.2, 0) is 4.79 Å². The van der Waals surface area contributed by atoms with E-state index in [9.17, 15) is 27.9 Å². The molecule has 0 spiro atoms. The largest absolute Gasteiger partial charge is 0.426 e. The van der Waals surface area contributed by atoms with Gasteiger partial charge in [-0.05, 0) is 38.8 Å². The molecule has 1 aliphatic heterocycles. The number of carbonyl (C=O) groups is 2. The quantitative estimate of drug-likeness (QED) is 0.886. The molecule has 1 N–H and O–H groups in total. The van der Waals surface area contributed by atoms with Crippen molar-refractivity contribution in [3.05, 3.63) is 35.4 Å². The molecule has 1 aromatic carbocycles. The first-order valence-electron chi connectivity index (χ1n) is 8.37. The zero-order chi connectivity index (χ0) is 19.7. The Morgan fingerprint density at radius 3 is 2.12 bits per heavy atom. The summed E-state index contributed by atoms with van der Waals surface area (Å²) in [6.07, 6.45) is -4.32. The van der Waals surface area contributed by atoms with E-state index in [0.717, 1.165) is 10.5 Å². The molecule has 2 rings (SSSR count). The molecule has 1 saturated heterocycles. The number of aryl methyl sites for hydroxylation is 1. The number of likely N-dealkylation sites (tertiary alicyclic amines) is 1. The molecule has 5 nitrogen and oxygen atoms in total. The third kappa shape index (κ3) is 4.00. The van der Waals surface area contributed by atoms with Gasteiger partial charge in [-0.2, -0.15) is 13.2 Å². The number of nitrogens with zero attached hydrogens (tertiary/aromatic N) is 2. The van der Waals surface area contributed by atoms with Gasteiger partial charge in [0.05, 0.1) is 0 Å². The lowest BCUT2D eigenvalue weighted by Gasteiger charge is -2.39. The van der Waals surface area contributed by atoms with E-state index in [1.54, 1.807) is 24.1 Å². The highest BCUT2D eigenvalue weighted by Gasteiger charge is 2.57. The zero-order valence-corrected chi connectivity index (χ0v) is 15.0. The molecule has 0 saturated carbocycles. The molecule has 1 atom stereocenters. The second-order valence-corrected chi connectivity index (χ2v) is 6.88. The number of carbonyl (C=O) groups excluding carboxylic acids is 2. The van der Waals surface area contributed by atoms with Gasteiger partial charge in [0.1, 0.15) is 0 Å². The number of benzene rings is 1. The van der Waals surface area contributed by atoms with Crippen molar-refractivity contribution >= 4 is 11.8 Å². The number of amides is 2. The number of aliphatic hydroxyl groups is 1. The van der Waals surface area contributed by atoms with Crippen LogP contribution in [0, 0.1) is 6.92 Å². The molecule has 26 heavy (non-hydrogen) atoms. The Hall–Kier alpha value is -2.09. The molecular formula is C18H23F3N2O3. The minimum Gasteiger partial charge on any atom is -0.373 e. The molecule has 0 aliphatic carbocycles. The minimum absolute atomic E-state index is 0.0568. The number of hydrogen-bond donors (Lipinski definition) is 1. The monoisotopic (exact) mass is 372 g/mol. The predicted molar refractivity (Wildman–Crippen MR) is 89.6 cm³/mol.